The minimum atomic E-state index is -0.407. The van der Waals surface area contributed by atoms with Gasteiger partial charge in [0.2, 0.25) is 0 Å². The molecule has 0 amide bonds. The Morgan fingerprint density at radius 1 is 1.15 bits per heavy atom. The number of esters is 1. The van der Waals surface area contributed by atoms with E-state index in [1.807, 2.05) is 37.3 Å². The Bertz CT molecular complexity index is 955. The maximum Gasteiger partial charge on any atom is 0.343 e. The predicted octanol–water partition coefficient (Wildman–Crippen LogP) is 4.73. The topological polar surface area (TPSA) is 68.6 Å². The van der Waals surface area contributed by atoms with Crippen molar-refractivity contribution in [3.05, 3.63) is 69.7 Å². The Hall–Kier alpha value is -3.04. The average Bonchev–Trinajstić information content (AvgIpc) is 3.02. The molecule has 0 aliphatic carbocycles. The third-order valence-electron chi connectivity index (χ3n) is 3.74. The molecule has 1 aliphatic rings. The number of benzene rings is 2. The molecule has 2 aromatic rings. The molecule has 0 aromatic heterocycles. The van der Waals surface area contributed by atoms with Crippen molar-refractivity contribution < 1.29 is 19.0 Å². The minimum absolute atomic E-state index is 0.0634. The van der Waals surface area contributed by atoms with Crippen LogP contribution in [0.1, 0.15) is 18.1 Å². The van der Waals surface area contributed by atoms with Crippen LogP contribution in [-0.2, 0) is 9.53 Å². The summed E-state index contributed by atoms with van der Waals surface area (Å²) in [4.78, 5) is 12.2. The highest BCUT2D eigenvalue weighted by atomic mass is 79.9. The molecule has 0 N–H and O–H groups in total. The van der Waals surface area contributed by atoms with Gasteiger partial charge in [-0.25, -0.2) is 4.79 Å². The first-order valence-electron chi connectivity index (χ1n) is 8.29. The van der Waals surface area contributed by atoms with Gasteiger partial charge in [-0.1, -0.05) is 34.1 Å². The fraction of sp³-hybridized carbons (Fsp3) is 0.143. The van der Waals surface area contributed by atoms with Crippen LogP contribution in [0.15, 0.2) is 58.6 Å². The van der Waals surface area contributed by atoms with E-state index in [0.29, 0.717) is 29.4 Å². The zero-order valence-electron chi connectivity index (χ0n) is 14.6. The Labute approximate surface area is 165 Å². The SMILES string of the molecule is CCOc1cc(/C=C2\C=C(c3ccc(Br)cc3)OC2=O)ccc1OCC#N. The van der Waals surface area contributed by atoms with Crippen molar-refractivity contribution in [3.63, 3.8) is 0 Å². The fourth-order valence-corrected chi connectivity index (χ4v) is 2.80. The number of halogens is 1. The van der Waals surface area contributed by atoms with Gasteiger partial charge in [-0.05, 0) is 48.9 Å². The molecule has 0 saturated heterocycles. The maximum atomic E-state index is 12.2. The van der Waals surface area contributed by atoms with E-state index in [0.717, 1.165) is 15.6 Å². The predicted molar refractivity (Wildman–Crippen MR) is 105 cm³/mol. The molecule has 0 unspecified atom stereocenters. The molecule has 2 aromatic carbocycles. The molecular weight excluding hydrogens is 410 g/mol. The number of cyclic esters (lactones) is 1. The van der Waals surface area contributed by atoms with Gasteiger partial charge in [0.05, 0.1) is 12.2 Å². The first-order valence-corrected chi connectivity index (χ1v) is 9.08. The molecule has 5 nitrogen and oxygen atoms in total. The van der Waals surface area contributed by atoms with Gasteiger partial charge in [0.1, 0.15) is 11.8 Å². The number of ether oxygens (including phenoxy) is 3. The van der Waals surface area contributed by atoms with Crippen molar-refractivity contribution in [2.75, 3.05) is 13.2 Å². The molecule has 0 bridgehead atoms. The van der Waals surface area contributed by atoms with Gasteiger partial charge < -0.3 is 14.2 Å². The third kappa shape index (κ3) is 4.57. The normalized spacial score (nSPS) is 14.5. The number of rotatable bonds is 6. The van der Waals surface area contributed by atoms with Crippen LogP contribution in [-0.4, -0.2) is 19.2 Å². The summed E-state index contributed by atoms with van der Waals surface area (Å²) in [5.74, 6) is 1.11. The molecular formula is C21H16BrNO4. The highest BCUT2D eigenvalue weighted by Gasteiger charge is 2.22. The van der Waals surface area contributed by atoms with Crippen LogP contribution in [0.5, 0.6) is 11.5 Å². The van der Waals surface area contributed by atoms with E-state index >= 15 is 0 Å². The van der Waals surface area contributed by atoms with E-state index in [-0.39, 0.29) is 6.61 Å². The number of carbonyl (C=O) groups excluding carboxylic acids is 1. The van der Waals surface area contributed by atoms with Gasteiger partial charge in [0.25, 0.3) is 0 Å². The summed E-state index contributed by atoms with van der Waals surface area (Å²) in [5.41, 5.74) is 2.04. The standard InChI is InChI=1S/C21H16BrNO4/c1-2-25-20-12-14(3-8-18(20)26-10-9-23)11-16-13-19(27-21(16)24)15-4-6-17(22)7-5-15/h3-8,11-13H,2,10H2,1H3/b16-11+. The van der Waals surface area contributed by atoms with Crippen LogP contribution in [0, 0.1) is 11.3 Å². The summed E-state index contributed by atoms with van der Waals surface area (Å²) in [6.07, 6.45) is 3.44. The van der Waals surface area contributed by atoms with Gasteiger partial charge in [-0.3, -0.25) is 0 Å². The molecule has 6 heteroatoms. The van der Waals surface area contributed by atoms with Crippen LogP contribution in [0.2, 0.25) is 0 Å². The number of hydrogen-bond acceptors (Lipinski definition) is 5. The quantitative estimate of drug-likeness (QED) is 0.494. The number of carbonyl (C=O) groups is 1. The Balaban J connectivity index is 1.88. The van der Waals surface area contributed by atoms with Crippen LogP contribution in [0.25, 0.3) is 11.8 Å². The summed E-state index contributed by atoms with van der Waals surface area (Å²) in [7, 11) is 0. The molecule has 0 fully saturated rings. The average molecular weight is 426 g/mol. The highest BCUT2D eigenvalue weighted by molar-refractivity contribution is 9.10. The Morgan fingerprint density at radius 3 is 2.63 bits per heavy atom. The highest BCUT2D eigenvalue weighted by Crippen LogP contribution is 2.32. The number of hydrogen-bond donors (Lipinski definition) is 0. The van der Waals surface area contributed by atoms with Crippen LogP contribution in [0.4, 0.5) is 0 Å². The van der Waals surface area contributed by atoms with Crippen molar-refractivity contribution in [2.24, 2.45) is 0 Å². The van der Waals surface area contributed by atoms with E-state index in [2.05, 4.69) is 15.9 Å². The molecule has 0 spiro atoms. The number of nitriles is 1. The smallest absolute Gasteiger partial charge is 0.343 e. The maximum absolute atomic E-state index is 12.2. The first kappa shape index (κ1) is 18.7. The fourth-order valence-electron chi connectivity index (χ4n) is 2.54. The molecule has 1 aliphatic heterocycles. The Kier molecular flexibility index (Phi) is 5.94. The van der Waals surface area contributed by atoms with Gasteiger partial charge >= 0.3 is 5.97 Å². The zero-order chi connectivity index (χ0) is 19.2. The first-order chi connectivity index (χ1) is 13.1. The summed E-state index contributed by atoms with van der Waals surface area (Å²) in [5, 5.41) is 8.67. The lowest BCUT2D eigenvalue weighted by Gasteiger charge is -2.10. The van der Waals surface area contributed by atoms with Gasteiger partial charge in [-0.15, -0.1) is 0 Å². The van der Waals surface area contributed by atoms with Crippen molar-refractivity contribution in [3.8, 4) is 17.6 Å². The van der Waals surface area contributed by atoms with Crippen molar-refractivity contribution in [2.45, 2.75) is 6.92 Å². The lowest BCUT2D eigenvalue weighted by molar-refractivity contribution is -0.130. The summed E-state index contributed by atoms with van der Waals surface area (Å²) in [6, 6.07) is 14.7. The van der Waals surface area contributed by atoms with Crippen LogP contribution in [0.3, 0.4) is 0 Å². The van der Waals surface area contributed by atoms with Gasteiger partial charge in [0, 0.05) is 10.0 Å². The third-order valence-corrected chi connectivity index (χ3v) is 4.26. The van der Waals surface area contributed by atoms with Crippen LogP contribution < -0.4 is 9.47 Å². The van der Waals surface area contributed by atoms with Crippen LogP contribution >= 0.6 is 15.9 Å². The lowest BCUT2D eigenvalue weighted by atomic mass is 10.1. The lowest BCUT2D eigenvalue weighted by Crippen LogP contribution is -2.00. The molecule has 136 valence electrons. The Morgan fingerprint density at radius 2 is 1.93 bits per heavy atom. The summed E-state index contributed by atoms with van der Waals surface area (Å²) < 4.78 is 17.2. The molecule has 1 heterocycles. The van der Waals surface area contributed by atoms with Gasteiger partial charge in [-0.2, -0.15) is 5.26 Å². The van der Waals surface area contributed by atoms with E-state index in [9.17, 15) is 4.79 Å². The zero-order valence-corrected chi connectivity index (χ0v) is 16.2. The molecule has 0 atom stereocenters. The second-order valence-electron chi connectivity index (χ2n) is 5.59. The van der Waals surface area contributed by atoms with Crippen molar-refractivity contribution in [1.29, 1.82) is 5.26 Å². The molecule has 0 saturated carbocycles. The van der Waals surface area contributed by atoms with Crippen molar-refractivity contribution >= 4 is 33.7 Å². The summed E-state index contributed by atoms with van der Waals surface area (Å²) >= 11 is 3.38. The number of nitrogens with zero attached hydrogens (tertiary/aromatic N) is 1. The van der Waals surface area contributed by atoms with E-state index in [1.54, 1.807) is 30.4 Å². The minimum Gasteiger partial charge on any atom is -0.490 e. The van der Waals surface area contributed by atoms with E-state index < -0.39 is 5.97 Å². The van der Waals surface area contributed by atoms with E-state index in [4.69, 9.17) is 19.5 Å². The van der Waals surface area contributed by atoms with Crippen molar-refractivity contribution in [1.82, 2.24) is 0 Å². The monoisotopic (exact) mass is 425 g/mol. The molecule has 0 radical (unpaired) electrons. The second kappa shape index (κ2) is 8.56. The molecule has 3 rings (SSSR count). The second-order valence-corrected chi connectivity index (χ2v) is 6.51. The van der Waals surface area contributed by atoms with E-state index in [1.165, 1.54) is 0 Å². The van der Waals surface area contributed by atoms with Gasteiger partial charge in [0.15, 0.2) is 18.1 Å². The summed E-state index contributed by atoms with van der Waals surface area (Å²) in [6.45, 7) is 2.26. The molecule has 27 heavy (non-hydrogen) atoms. The largest absolute Gasteiger partial charge is 0.490 e.